The molecule has 1 fully saturated rings. The minimum absolute atomic E-state index is 0.200. The Kier molecular flexibility index (Phi) is 4.64. The maximum atomic E-state index is 12.5. The molecule has 1 saturated carbocycles. The van der Waals surface area contributed by atoms with Crippen LogP contribution in [0.3, 0.4) is 0 Å². The number of hydrogen-bond donors (Lipinski definition) is 2. The number of urea groups is 1. The summed E-state index contributed by atoms with van der Waals surface area (Å²) in [5.74, 6) is -0.00861. The van der Waals surface area contributed by atoms with Gasteiger partial charge in [-0.05, 0) is 42.7 Å². The molecular weight excluding hydrogens is 308 g/mol. The fourth-order valence-electron chi connectivity index (χ4n) is 2.27. The lowest BCUT2D eigenvalue weighted by atomic mass is 10.2. The maximum absolute atomic E-state index is 12.5. The standard InChI is InChI=1S/C16H18N6O2/c1-17-15(23)13-4-5-14(21-20-13)19-16(24)22(12-2-3-12)10-11-6-8-18-9-7-11/h4-9,12H,2-3,10H2,1H3,(H,17,23)(H,19,21,24). The molecule has 8 nitrogen and oxygen atoms in total. The molecule has 24 heavy (non-hydrogen) atoms. The smallest absolute Gasteiger partial charge is 0.323 e. The Balaban J connectivity index is 1.66. The van der Waals surface area contributed by atoms with Gasteiger partial charge in [0.05, 0.1) is 0 Å². The molecule has 2 heterocycles. The van der Waals surface area contributed by atoms with Gasteiger partial charge in [-0.1, -0.05) is 0 Å². The van der Waals surface area contributed by atoms with E-state index < -0.39 is 0 Å². The van der Waals surface area contributed by atoms with Gasteiger partial charge in [0.25, 0.3) is 5.91 Å². The molecule has 0 atom stereocenters. The highest BCUT2D eigenvalue weighted by Gasteiger charge is 2.32. The highest BCUT2D eigenvalue weighted by atomic mass is 16.2. The topological polar surface area (TPSA) is 100 Å². The van der Waals surface area contributed by atoms with Crippen LogP contribution in [0.1, 0.15) is 28.9 Å². The summed E-state index contributed by atoms with van der Waals surface area (Å²) in [5, 5.41) is 12.9. The molecule has 0 bridgehead atoms. The quantitative estimate of drug-likeness (QED) is 0.866. The van der Waals surface area contributed by atoms with Crippen molar-refractivity contribution in [1.82, 2.24) is 25.4 Å². The van der Waals surface area contributed by atoms with E-state index in [1.165, 1.54) is 13.1 Å². The van der Waals surface area contributed by atoms with E-state index in [-0.39, 0.29) is 23.7 Å². The highest BCUT2D eigenvalue weighted by Crippen LogP contribution is 2.28. The van der Waals surface area contributed by atoms with E-state index in [2.05, 4.69) is 25.8 Å². The molecule has 2 aromatic heterocycles. The van der Waals surface area contributed by atoms with Crippen molar-refractivity contribution in [3.05, 3.63) is 47.9 Å². The normalized spacial score (nSPS) is 13.2. The van der Waals surface area contributed by atoms with Crippen molar-refractivity contribution < 1.29 is 9.59 Å². The third-order valence-electron chi connectivity index (χ3n) is 3.71. The Morgan fingerprint density at radius 3 is 2.50 bits per heavy atom. The molecule has 124 valence electrons. The van der Waals surface area contributed by atoms with Crippen LogP contribution in [-0.4, -0.2) is 45.1 Å². The largest absolute Gasteiger partial charge is 0.354 e. The molecule has 0 saturated heterocycles. The summed E-state index contributed by atoms with van der Waals surface area (Å²) >= 11 is 0. The second-order valence-corrected chi connectivity index (χ2v) is 5.53. The minimum atomic E-state index is -0.322. The number of nitrogens with one attached hydrogen (secondary N) is 2. The van der Waals surface area contributed by atoms with E-state index in [0.29, 0.717) is 12.4 Å². The number of rotatable bonds is 5. The first-order valence-corrected chi connectivity index (χ1v) is 7.69. The first-order chi connectivity index (χ1) is 11.7. The van der Waals surface area contributed by atoms with Crippen molar-refractivity contribution in [3.63, 3.8) is 0 Å². The lowest BCUT2D eigenvalue weighted by molar-refractivity contribution is 0.0957. The van der Waals surface area contributed by atoms with Crippen LogP contribution < -0.4 is 10.6 Å². The van der Waals surface area contributed by atoms with Gasteiger partial charge in [0.15, 0.2) is 11.5 Å². The Labute approximate surface area is 139 Å². The fraction of sp³-hybridized carbons (Fsp3) is 0.312. The van der Waals surface area contributed by atoms with Crippen LogP contribution in [0.25, 0.3) is 0 Å². The van der Waals surface area contributed by atoms with Crippen molar-refractivity contribution in [2.45, 2.75) is 25.4 Å². The van der Waals surface area contributed by atoms with Crippen LogP contribution in [0.15, 0.2) is 36.7 Å². The van der Waals surface area contributed by atoms with Crippen molar-refractivity contribution in [2.24, 2.45) is 0 Å². The molecule has 3 rings (SSSR count). The Bertz CT molecular complexity index is 715. The van der Waals surface area contributed by atoms with Crippen LogP contribution in [0, 0.1) is 0 Å². The van der Waals surface area contributed by atoms with Crippen LogP contribution in [0.4, 0.5) is 10.6 Å². The van der Waals surface area contributed by atoms with E-state index in [4.69, 9.17) is 0 Å². The minimum Gasteiger partial charge on any atom is -0.354 e. The SMILES string of the molecule is CNC(=O)c1ccc(NC(=O)N(Cc2ccncc2)C2CC2)nn1. The lowest BCUT2D eigenvalue weighted by Gasteiger charge is -2.22. The number of amides is 3. The van der Waals surface area contributed by atoms with E-state index >= 15 is 0 Å². The second kappa shape index (κ2) is 7.03. The Morgan fingerprint density at radius 2 is 1.92 bits per heavy atom. The third kappa shape index (κ3) is 3.83. The van der Waals surface area contributed by atoms with Crippen molar-refractivity contribution in [1.29, 1.82) is 0 Å². The summed E-state index contributed by atoms with van der Waals surface area (Å²) in [6.45, 7) is 0.517. The molecule has 2 N–H and O–H groups in total. The average Bonchev–Trinajstić information content (AvgIpc) is 3.45. The second-order valence-electron chi connectivity index (χ2n) is 5.53. The Hall–Kier alpha value is -3.03. The first kappa shape index (κ1) is 15.9. The van der Waals surface area contributed by atoms with E-state index in [0.717, 1.165) is 18.4 Å². The summed E-state index contributed by atoms with van der Waals surface area (Å²) in [5.41, 5.74) is 1.22. The zero-order chi connectivity index (χ0) is 16.9. The Morgan fingerprint density at radius 1 is 1.17 bits per heavy atom. The summed E-state index contributed by atoms with van der Waals surface area (Å²) in [6, 6.07) is 6.88. The number of carbonyl (C=O) groups is 2. The zero-order valence-electron chi connectivity index (χ0n) is 13.3. The number of anilines is 1. The van der Waals surface area contributed by atoms with Crippen LogP contribution >= 0.6 is 0 Å². The molecule has 8 heteroatoms. The molecular formula is C16H18N6O2. The molecule has 0 radical (unpaired) electrons. The molecule has 3 amide bonds. The summed E-state index contributed by atoms with van der Waals surface area (Å²) in [4.78, 5) is 29.7. The number of carbonyl (C=O) groups excluding carboxylic acids is 2. The molecule has 1 aliphatic carbocycles. The number of nitrogens with zero attached hydrogens (tertiary/aromatic N) is 4. The fourth-order valence-corrected chi connectivity index (χ4v) is 2.27. The summed E-state index contributed by atoms with van der Waals surface area (Å²) < 4.78 is 0. The van der Waals surface area contributed by atoms with Gasteiger partial charge >= 0.3 is 6.03 Å². The van der Waals surface area contributed by atoms with E-state index in [1.54, 1.807) is 23.4 Å². The summed E-state index contributed by atoms with van der Waals surface area (Å²) in [7, 11) is 1.52. The van der Waals surface area contributed by atoms with Gasteiger partial charge in [-0.3, -0.25) is 15.1 Å². The average molecular weight is 326 g/mol. The van der Waals surface area contributed by atoms with E-state index in [9.17, 15) is 9.59 Å². The molecule has 0 aromatic carbocycles. The van der Waals surface area contributed by atoms with E-state index in [1.807, 2.05) is 12.1 Å². The summed E-state index contributed by atoms with van der Waals surface area (Å²) in [6.07, 6.45) is 5.42. The van der Waals surface area contributed by atoms with Gasteiger partial charge in [0.1, 0.15) is 0 Å². The molecule has 2 aromatic rings. The highest BCUT2D eigenvalue weighted by molar-refractivity contribution is 5.92. The van der Waals surface area contributed by atoms with Gasteiger partial charge < -0.3 is 10.2 Å². The van der Waals surface area contributed by atoms with Gasteiger partial charge in [-0.2, -0.15) is 0 Å². The third-order valence-corrected chi connectivity index (χ3v) is 3.71. The monoisotopic (exact) mass is 326 g/mol. The number of aromatic nitrogens is 3. The van der Waals surface area contributed by atoms with Crippen LogP contribution in [0.5, 0.6) is 0 Å². The predicted octanol–water partition coefficient (Wildman–Crippen LogP) is 1.43. The van der Waals surface area contributed by atoms with Gasteiger partial charge in [0, 0.05) is 32.0 Å². The molecule has 0 spiro atoms. The number of pyridine rings is 1. The lowest BCUT2D eigenvalue weighted by Crippen LogP contribution is -2.36. The predicted molar refractivity (Wildman–Crippen MR) is 87.2 cm³/mol. The zero-order valence-corrected chi connectivity index (χ0v) is 13.3. The molecule has 1 aliphatic rings. The van der Waals surface area contributed by atoms with Crippen molar-refractivity contribution >= 4 is 17.8 Å². The van der Waals surface area contributed by atoms with Gasteiger partial charge in [0.2, 0.25) is 0 Å². The molecule has 0 aliphatic heterocycles. The maximum Gasteiger partial charge on any atom is 0.323 e. The number of hydrogen-bond acceptors (Lipinski definition) is 5. The van der Waals surface area contributed by atoms with Crippen LogP contribution in [-0.2, 0) is 6.54 Å². The van der Waals surface area contributed by atoms with Crippen molar-refractivity contribution in [2.75, 3.05) is 12.4 Å². The van der Waals surface area contributed by atoms with Gasteiger partial charge in [-0.25, -0.2) is 4.79 Å². The van der Waals surface area contributed by atoms with Crippen molar-refractivity contribution in [3.8, 4) is 0 Å². The van der Waals surface area contributed by atoms with Gasteiger partial charge in [-0.15, -0.1) is 10.2 Å². The first-order valence-electron chi connectivity index (χ1n) is 7.69. The molecule has 0 unspecified atom stereocenters. The van der Waals surface area contributed by atoms with Crippen LogP contribution in [0.2, 0.25) is 0 Å².